The van der Waals surface area contributed by atoms with Crippen molar-refractivity contribution in [1.29, 1.82) is 0 Å². The van der Waals surface area contributed by atoms with Gasteiger partial charge in [0.1, 0.15) is 0 Å². The second-order valence-corrected chi connectivity index (χ2v) is 7.92. The molecule has 2 N–H and O–H groups in total. The van der Waals surface area contributed by atoms with Crippen molar-refractivity contribution >= 4 is 21.6 Å². The molecule has 0 radical (unpaired) electrons. The van der Waals surface area contributed by atoms with Crippen LogP contribution in [0.15, 0.2) is 23.4 Å². The molecule has 1 aromatic rings. The van der Waals surface area contributed by atoms with Gasteiger partial charge in [-0.2, -0.15) is 0 Å². The monoisotopic (exact) mass is 309 g/mol. The van der Waals surface area contributed by atoms with E-state index in [-0.39, 0.29) is 17.1 Å². The number of pyridine rings is 1. The highest BCUT2D eigenvalue weighted by molar-refractivity contribution is 7.90. The van der Waals surface area contributed by atoms with Crippen molar-refractivity contribution in [2.75, 3.05) is 11.6 Å². The van der Waals surface area contributed by atoms with Crippen LogP contribution in [0.4, 0.5) is 10.5 Å². The van der Waals surface area contributed by atoms with Crippen LogP contribution < -0.4 is 10.6 Å². The molecule has 7 heteroatoms. The topological polar surface area (TPSA) is 88.2 Å². The van der Waals surface area contributed by atoms with Crippen molar-refractivity contribution in [2.24, 2.45) is 11.8 Å². The molecule has 0 aromatic carbocycles. The van der Waals surface area contributed by atoms with Gasteiger partial charge < -0.3 is 10.6 Å². The van der Waals surface area contributed by atoms with Crippen LogP contribution in [0, 0.1) is 11.8 Å². The van der Waals surface area contributed by atoms with Crippen LogP contribution >= 0.6 is 0 Å². The Morgan fingerprint density at radius 1 is 1.24 bits per heavy atom. The van der Waals surface area contributed by atoms with E-state index < -0.39 is 9.84 Å². The first-order valence-electron chi connectivity index (χ1n) is 7.17. The van der Waals surface area contributed by atoms with Gasteiger partial charge in [-0.05, 0) is 49.7 Å². The van der Waals surface area contributed by atoms with Gasteiger partial charge in [0.15, 0.2) is 14.9 Å². The Kier molecular flexibility index (Phi) is 3.61. The number of anilines is 1. The number of urea groups is 1. The van der Waals surface area contributed by atoms with Crippen LogP contribution in [0.1, 0.15) is 25.7 Å². The highest BCUT2D eigenvalue weighted by Crippen LogP contribution is 2.44. The Balaban J connectivity index is 1.59. The Morgan fingerprint density at radius 2 is 1.86 bits per heavy atom. The van der Waals surface area contributed by atoms with Crippen molar-refractivity contribution in [3.8, 4) is 0 Å². The highest BCUT2D eigenvalue weighted by Gasteiger charge is 2.42. The molecule has 2 saturated carbocycles. The first-order valence-corrected chi connectivity index (χ1v) is 9.06. The lowest BCUT2D eigenvalue weighted by molar-refractivity contribution is 0.245. The summed E-state index contributed by atoms with van der Waals surface area (Å²) >= 11 is 0. The zero-order chi connectivity index (χ0) is 15.0. The fourth-order valence-corrected chi connectivity index (χ4v) is 3.08. The van der Waals surface area contributed by atoms with Gasteiger partial charge in [-0.25, -0.2) is 18.2 Å². The summed E-state index contributed by atoms with van der Waals surface area (Å²) in [7, 11) is -3.31. The molecule has 0 unspecified atom stereocenters. The van der Waals surface area contributed by atoms with E-state index in [1.54, 1.807) is 6.07 Å². The number of nitrogens with one attached hydrogen (secondary N) is 2. The summed E-state index contributed by atoms with van der Waals surface area (Å²) in [6.07, 6.45) is 7.26. The van der Waals surface area contributed by atoms with Crippen LogP contribution in [0.5, 0.6) is 0 Å². The van der Waals surface area contributed by atoms with Crippen LogP contribution in [0.2, 0.25) is 0 Å². The number of rotatable bonds is 5. The molecule has 21 heavy (non-hydrogen) atoms. The maximum absolute atomic E-state index is 12.0. The molecule has 114 valence electrons. The van der Waals surface area contributed by atoms with Crippen molar-refractivity contribution in [3.63, 3.8) is 0 Å². The lowest BCUT2D eigenvalue weighted by Gasteiger charge is -2.18. The predicted octanol–water partition coefficient (Wildman–Crippen LogP) is 1.80. The third kappa shape index (κ3) is 3.72. The van der Waals surface area contributed by atoms with Crippen LogP contribution in [0.25, 0.3) is 0 Å². The second-order valence-electron chi connectivity index (χ2n) is 5.96. The van der Waals surface area contributed by atoms with E-state index in [0.717, 1.165) is 6.26 Å². The average molecular weight is 309 g/mol. The summed E-state index contributed by atoms with van der Waals surface area (Å²) in [5, 5.41) is 5.75. The highest BCUT2D eigenvalue weighted by atomic mass is 32.2. The zero-order valence-electron chi connectivity index (χ0n) is 11.9. The molecule has 0 saturated heterocycles. The number of aromatic nitrogens is 1. The molecule has 0 bridgehead atoms. The lowest BCUT2D eigenvalue weighted by Crippen LogP contribution is -2.40. The largest absolute Gasteiger partial charge is 0.335 e. The van der Waals surface area contributed by atoms with E-state index in [4.69, 9.17) is 0 Å². The standard InChI is InChI=1S/C14H19N3O3S/c1-21(19,20)12-7-6-11(8-15-12)16-14(18)17-13(9-2-3-9)10-4-5-10/h6-10,13H,2-5H2,1H3,(H2,16,17,18). The molecule has 2 aliphatic rings. The van der Waals surface area contributed by atoms with Gasteiger partial charge in [0, 0.05) is 12.3 Å². The molecular weight excluding hydrogens is 290 g/mol. The number of sulfone groups is 1. The summed E-state index contributed by atoms with van der Waals surface area (Å²) < 4.78 is 22.6. The minimum absolute atomic E-state index is 0.00213. The van der Waals surface area contributed by atoms with E-state index in [0.29, 0.717) is 17.5 Å². The first kappa shape index (κ1) is 14.3. The Bertz CT molecular complexity index is 622. The quantitative estimate of drug-likeness (QED) is 0.868. The summed E-state index contributed by atoms with van der Waals surface area (Å²) in [6, 6.07) is 2.98. The van der Waals surface area contributed by atoms with E-state index in [1.165, 1.54) is 37.9 Å². The molecule has 0 aliphatic heterocycles. The number of carbonyl (C=O) groups excluding carboxylic acids is 1. The van der Waals surface area contributed by atoms with Crippen molar-refractivity contribution in [2.45, 2.75) is 36.8 Å². The van der Waals surface area contributed by atoms with Gasteiger partial charge in [-0.1, -0.05) is 0 Å². The molecule has 0 spiro atoms. The summed E-state index contributed by atoms with van der Waals surface area (Å²) in [6.45, 7) is 0. The minimum atomic E-state index is -3.31. The number of amides is 2. The van der Waals surface area contributed by atoms with E-state index in [1.807, 2.05) is 0 Å². The Morgan fingerprint density at radius 3 is 2.29 bits per heavy atom. The molecule has 1 heterocycles. The van der Waals surface area contributed by atoms with E-state index >= 15 is 0 Å². The molecule has 2 aliphatic carbocycles. The Hall–Kier alpha value is -1.63. The van der Waals surface area contributed by atoms with Crippen LogP contribution in [-0.4, -0.2) is 31.7 Å². The van der Waals surface area contributed by atoms with Gasteiger partial charge in [-0.3, -0.25) is 0 Å². The zero-order valence-corrected chi connectivity index (χ0v) is 12.7. The SMILES string of the molecule is CS(=O)(=O)c1ccc(NC(=O)NC(C2CC2)C2CC2)cn1. The molecule has 1 aromatic heterocycles. The fourth-order valence-electron chi connectivity index (χ4n) is 2.52. The number of hydrogen-bond donors (Lipinski definition) is 2. The van der Waals surface area contributed by atoms with Crippen molar-refractivity contribution < 1.29 is 13.2 Å². The van der Waals surface area contributed by atoms with Gasteiger partial charge in [0.25, 0.3) is 0 Å². The molecule has 6 nitrogen and oxygen atoms in total. The molecule has 2 fully saturated rings. The third-order valence-electron chi connectivity index (χ3n) is 3.93. The van der Waals surface area contributed by atoms with E-state index in [9.17, 15) is 13.2 Å². The average Bonchev–Trinajstić information content (AvgIpc) is 3.27. The van der Waals surface area contributed by atoms with Gasteiger partial charge >= 0.3 is 6.03 Å². The Labute approximate surface area is 124 Å². The molecule has 2 amide bonds. The smallest absolute Gasteiger partial charge is 0.319 e. The van der Waals surface area contributed by atoms with E-state index in [2.05, 4.69) is 15.6 Å². The van der Waals surface area contributed by atoms with Crippen LogP contribution in [0.3, 0.4) is 0 Å². The van der Waals surface area contributed by atoms with Gasteiger partial charge in [0.05, 0.1) is 11.9 Å². The third-order valence-corrected chi connectivity index (χ3v) is 4.93. The normalized spacial score (nSPS) is 18.6. The fraction of sp³-hybridized carbons (Fsp3) is 0.571. The number of nitrogens with zero attached hydrogens (tertiary/aromatic N) is 1. The number of carbonyl (C=O) groups is 1. The van der Waals surface area contributed by atoms with Crippen molar-refractivity contribution in [1.82, 2.24) is 10.3 Å². The van der Waals surface area contributed by atoms with Gasteiger partial charge in [-0.15, -0.1) is 0 Å². The minimum Gasteiger partial charge on any atom is -0.335 e. The molecule has 3 rings (SSSR count). The second kappa shape index (κ2) is 5.29. The van der Waals surface area contributed by atoms with Crippen LogP contribution in [-0.2, 0) is 9.84 Å². The summed E-state index contributed by atoms with van der Waals surface area (Å²) in [5.41, 5.74) is 0.491. The lowest BCUT2D eigenvalue weighted by atomic mass is 10.1. The first-order chi connectivity index (χ1) is 9.93. The van der Waals surface area contributed by atoms with Gasteiger partial charge in [0.2, 0.25) is 0 Å². The maximum atomic E-state index is 12.0. The summed E-state index contributed by atoms with van der Waals surface area (Å²) in [4.78, 5) is 15.8. The number of hydrogen-bond acceptors (Lipinski definition) is 4. The van der Waals surface area contributed by atoms with Crippen molar-refractivity contribution in [3.05, 3.63) is 18.3 Å². The maximum Gasteiger partial charge on any atom is 0.319 e. The summed E-state index contributed by atoms with van der Waals surface area (Å²) in [5.74, 6) is 1.27. The molecule has 0 atom stereocenters. The predicted molar refractivity (Wildman–Crippen MR) is 78.7 cm³/mol. The molecular formula is C14H19N3O3S.